The molecule has 3 rings (SSSR count). The van der Waals surface area contributed by atoms with Crippen LogP contribution < -0.4 is 10.1 Å². The van der Waals surface area contributed by atoms with E-state index in [1.807, 2.05) is 18.2 Å². The minimum atomic E-state index is -0.425. The molecule has 2 aromatic carbocycles. The van der Waals surface area contributed by atoms with Gasteiger partial charge in [0.2, 0.25) is 0 Å². The lowest BCUT2D eigenvalue weighted by molar-refractivity contribution is 0.0990. The van der Waals surface area contributed by atoms with Gasteiger partial charge in [-0.15, -0.1) is 12.4 Å². The average molecular weight is 363 g/mol. The summed E-state index contributed by atoms with van der Waals surface area (Å²) in [6.07, 6.45) is -0.209. The van der Waals surface area contributed by atoms with Gasteiger partial charge >= 0.3 is 0 Å². The van der Waals surface area contributed by atoms with Gasteiger partial charge in [-0.25, -0.2) is 4.39 Å². The number of hydrogen-bond acceptors (Lipinski definition) is 2. The Morgan fingerprint density at radius 2 is 1.77 bits per heavy atom. The first-order chi connectivity index (χ1) is 10.1. The van der Waals surface area contributed by atoms with Crippen LogP contribution in [0.5, 0.6) is 5.75 Å². The molecule has 0 saturated carbocycles. The molecule has 1 aliphatic heterocycles. The Bertz CT molecular complexity index is 632. The lowest BCUT2D eigenvalue weighted by Gasteiger charge is -2.35. The molecule has 1 fully saturated rings. The summed E-state index contributed by atoms with van der Waals surface area (Å²) in [6.45, 7) is 1.70. The lowest BCUT2D eigenvalue weighted by atomic mass is 9.90. The first-order valence-corrected chi connectivity index (χ1v) is 7.47. The predicted octanol–water partition coefficient (Wildman–Crippen LogP) is 4.89. The van der Waals surface area contributed by atoms with E-state index >= 15 is 0 Å². The highest BCUT2D eigenvalue weighted by atomic mass is 35.5. The van der Waals surface area contributed by atoms with Gasteiger partial charge in [0.05, 0.1) is 5.02 Å². The summed E-state index contributed by atoms with van der Waals surface area (Å²) in [5.41, 5.74) is 0.790. The van der Waals surface area contributed by atoms with Crippen LogP contribution in [0.3, 0.4) is 0 Å². The molecule has 0 unspecified atom stereocenters. The van der Waals surface area contributed by atoms with E-state index in [-0.39, 0.29) is 23.5 Å². The lowest BCUT2D eigenvalue weighted by Crippen LogP contribution is -2.46. The SMILES string of the molecule is Cl.Fc1cc([C@@H](Oc2ccc(Cl)cc2)C2CNC2)ccc1Cl. The zero-order valence-electron chi connectivity index (χ0n) is 11.6. The third kappa shape index (κ3) is 3.85. The third-order valence-corrected chi connectivity index (χ3v) is 4.15. The van der Waals surface area contributed by atoms with Crippen molar-refractivity contribution in [1.82, 2.24) is 5.32 Å². The maximum Gasteiger partial charge on any atom is 0.142 e. The van der Waals surface area contributed by atoms with Crippen LogP contribution in [0, 0.1) is 11.7 Å². The molecule has 0 aromatic heterocycles. The van der Waals surface area contributed by atoms with Gasteiger partial charge in [-0.1, -0.05) is 29.3 Å². The van der Waals surface area contributed by atoms with E-state index in [0.29, 0.717) is 16.7 Å². The zero-order chi connectivity index (χ0) is 14.8. The summed E-state index contributed by atoms with van der Waals surface area (Å²) < 4.78 is 19.7. The molecule has 0 radical (unpaired) electrons. The Hall–Kier alpha value is -1.00. The monoisotopic (exact) mass is 361 g/mol. The van der Waals surface area contributed by atoms with E-state index in [0.717, 1.165) is 18.7 Å². The molecule has 0 spiro atoms. The summed E-state index contributed by atoms with van der Waals surface area (Å²) in [7, 11) is 0. The van der Waals surface area contributed by atoms with Gasteiger partial charge < -0.3 is 10.1 Å². The van der Waals surface area contributed by atoms with Crippen LogP contribution >= 0.6 is 35.6 Å². The minimum Gasteiger partial charge on any atom is -0.485 e. The molecule has 118 valence electrons. The predicted molar refractivity (Wildman–Crippen MR) is 89.8 cm³/mol. The van der Waals surface area contributed by atoms with Crippen LogP contribution in [-0.4, -0.2) is 13.1 Å². The maximum absolute atomic E-state index is 13.7. The standard InChI is InChI=1S/C16H14Cl2FNO.ClH/c17-12-2-4-13(5-3-12)21-16(11-8-20-9-11)10-1-6-14(18)15(19)7-10;/h1-7,11,16,20H,8-9H2;1H/t16-;/m1./s1. The van der Waals surface area contributed by atoms with E-state index in [2.05, 4.69) is 5.32 Å². The Morgan fingerprint density at radius 1 is 1.09 bits per heavy atom. The van der Waals surface area contributed by atoms with Gasteiger partial charge in [0, 0.05) is 24.0 Å². The number of nitrogens with one attached hydrogen (secondary N) is 1. The van der Waals surface area contributed by atoms with Crippen LogP contribution in [0.2, 0.25) is 10.0 Å². The highest BCUT2D eigenvalue weighted by molar-refractivity contribution is 6.30. The van der Waals surface area contributed by atoms with Gasteiger partial charge in [0.1, 0.15) is 17.7 Å². The summed E-state index contributed by atoms with van der Waals surface area (Å²) in [5, 5.41) is 3.99. The molecule has 2 nitrogen and oxygen atoms in total. The molecule has 1 heterocycles. The molecule has 0 amide bonds. The minimum absolute atomic E-state index is 0. The highest BCUT2D eigenvalue weighted by Gasteiger charge is 2.30. The molecule has 0 bridgehead atoms. The number of ether oxygens (including phenoxy) is 1. The molecule has 1 N–H and O–H groups in total. The molecule has 1 aliphatic rings. The molecule has 1 saturated heterocycles. The summed E-state index contributed by atoms with van der Waals surface area (Å²) in [6, 6.07) is 12.0. The van der Waals surface area contributed by atoms with Crippen LogP contribution in [0.15, 0.2) is 42.5 Å². The van der Waals surface area contributed by atoms with Crippen molar-refractivity contribution in [3.8, 4) is 5.75 Å². The molecule has 0 aliphatic carbocycles. The smallest absolute Gasteiger partial charge is 0.142 e. The Kier molecular flexibility index (Phi) is 5.93. The molecule has 6 heteroatoms. The normalized spacial score (nSPS) is 15.6. The van der Waals surface area contributed by atoms with E-state index in [9.17, 15) is 4.39 Å². The molecule has 1 atom stereocenters. The van der Waals surface area contributed by atoms with Crippen molar-refractivity contribution in [3.05, 3.63) is 63.9 Å². The summed E-state index contributed by atoms with van der Waals surface area (Å²) in [4.78, 5) is 0. The average Bonchev–Trinajstić information content (AvgIpc) is 2.41. The quantitative estimate of drug-likeness (QED) is 0.836. The second-order valence-corrected chi connectivity index (χ2v) is 5.93. The van der Waals surface area contributed by atoms with Crippen molar-refractivity contribution in [2.24, 2.45) is 5.92 Å². The zero-order valence-corrected chi connectivity index (χ0v) is 13.9. The van der Waals surface area contributed by atoms with E-state index in [1.54, 1.807) is 18.2 Å². The summed E-state index contributed by atoms with van der Waals surface area (Å²) >= 11 is 11.6. The summed E-state index contributed by atoms with van der Waals surface area (Å²) in [5.74, 6) is 0.596. The van der Waals surface area contributed by atoms with Crippen molar-refractivity contribution in [3.63, 3.8) is 0 Å². The van der Waals surface area contributed by atoms with Crippen molar-refractivity contribution in [2.75, 3.05) is 13.1 Å². The van der Waals surface area contributed by atoms with Crippen molar-refractivity contribution >= 4 is 35.6 Å². The van der Waals surface area contributed by atoms with Crippen LogP contribution in [0.4, 0.5) is 4.39 Å². The van der Waals surface area contributed by atoms with Crippen molar-refractivity contribution < 1.29 is 9.13 Å². The van der Waals surface area contributed by atoms with Crippen LogP contribution in [0.1, 0.15) is 11.7 Å². The second kappa shape index (κ2) is 7.51. The fourth-order valence-corrected chi connectivity index (χ4v) is 2.55. The number of halogens is 4. The van der Waals surface area contributed by atoms with Crippen molar-refractivity contribution in [1.29, 1.82) is 0 Å². The first kappa shape index (κ1) is 17.4. The van der Waals surface area contributed by atoms with E-state index < -0.39 is 5.82 Å². The van der Waals surface area contributed by atoms with Gasteiger partial charge in [0.15, 0.2) is 0 Å². The second-order valence-electron chi connectivity index (χ2n) is 5.08. The Labute approximate surface area is 145 Å². The number of hydrogen-bond donors (Lipinski definition) is 1. The number of benzene rings is 2. The van der Waals surface area contributed by atoms with Gasteiger partial charge in [-0.3, -0.25) is 0 Å². The van der Waals surface area contributed by atoms with Gasteiger partial charge in [-0.05, 0) is 42.0 Å². The van der Waals surface area contributed by atoms with Crippen molar-refractivity contribution in [2.45, 2.75) is 6.10 Å². The molecular formula is C16H15Cl3FNO. The maximum atomic E-state index is 13.7. The van der Waals surface area contributed by atoms with E-state index in [4.69, 9.17) is 27.9 Å². The molecule has 22 heavy (non-hydrogen) atoms. The highest BCUT2D eigenvalue weighted by Crippen LogP contribution is 2.32. The molecular weight excluding hydrogens is 348 g/mol. The Morgan fingerprint density at radius 3 is 2.32 bits per heavy atom. The fraction of sp³-hybridized carbons (Fsp3) is 0.250. The molecule has 2 aromatic rings. The van der Waals surface area contributed by atoms with Gasteiger partial charge in [-0.2, -0.15) is 0 Å². The van der Waals surface area contributed by atoms with Crippen LogP contribution in [0.25, 0.3) is 0 Å². The first-order valence-electron chi connectivity index (χ1n) is 6.71. The fourth-order valence-electron chi connectivity index (χ4n) is 2.31. The third-order valence-electron chi connectivity index (χ3n) is 3.59. The number of rotatable bonds is 4. The van der Waals surface area contributed by atoms with Gasteiger partial charge in [0.25, 0.3) is 0 Å². The van der Waals surface area contributed by atoms with E-state index in [1.165, 1.54) is 6.07 Å². The van der Waals surface area contributed by atoms with Crippen LogP contribution in [-0.2, 0) is 0 Å². The Balaban J connectivity index is 0.00000176. The topological polar surface area (TPSA) is 21.3 Å². The largest absolute Gasteiger partial charge is 0.485 e.